The Balaban J connectivity index is 0.00000192. The third-order valence-corrected chi connectivity index (χ3v) is 3.83. The first-order valence-electron chi connectivity index (χ1n) is 7.53. The van der Waals surface area contributed by atoms with Gasteiger partial charge in [0.1, 0.15) is 11.9 Å². The highest BCUT2D eigenvalue weighted by molar-refractivity contribution is 6.30. The smallest absolute Gasteiger partial charge is 0.213 e. The van der Waals surface area contributed by atoms with E-state index < -0.39 is 0 Å². The molecule has 0 bridgehead atoms. The van der Waals surface area contributed by atoms with Crippen molar-refractivity contribution in [3.63, 3.8) is 0 Å². The van der Waals surface area contributed by atoms with Crippen molar-refractivity contribution in [1.29, 1.82) is 0 Å². The fourth-order valence-corrected chi connectivity index (χ4v) is 2.71. The molecule has 0 spiro atoms. The number of nitrogens with one attached hydrogen (secondary N) is 1. The van der Waals surface area contributed by atoms with E-state index in [-0.39, 0.29) is 24.8 Å². The van der Waals surface area contributed by atoms with Crippen LogP contribution in [0.25, 0.3) is 0 Å². The zero-order chi connectivity index (χ0) is 15.5. The molecule has 0 aromatic heterocycles. The molecule has 23 heavy (non-hydrogen) atoms. The van der Waals surface area contributed by atoms with E-state index in [4.69, 9.17) is 21.1 Å². The second-order valence-electron chi connectivity index (χ2n) is 5.72. The molecular formula is C18H21Cl2NO2. The number of halogens is 2. The van der Waals surface area contributed by atoms with Crippen LogP contribution in [0.1, 0.15) is 31.1 Å². The minimum Gasteiger partial charge on any atom is -0.463 e. The molecule has 1 N–H and O–H groups in total. The maximum atomic E-state index is 6.16. The summed E-state index contributed by atoms with van der Waals surface area (Å²) in [6.45, 7) is 4.85. The second kappa shape index (κ2) is 8.02. The molecule has 5 heteroatoms. The van der Waals surface area contributed by atoms with Crippen molar-refractivity contribution in [3.05, 3.63) is 64.7 Å². The van der Waals surface area contributed by atoms with Crippen LogP contribution in [0.4, 0.5) is 0 Å². The van der Waals surface area contributed by atoms with Crippen LogP contribution in [0.15, 0.2) is 48.5 Å². The van der Waals surface area contributed by atoms with Crippen molar-refractivity contribution in [1.82, 2.24) is 5.32 Å². The van der Waals surface area contributed by atoms with Gasteiger partial charge in [-0.15, -0.1) is 12.4 Å². The van der Waals surface area contributed by atoms with Gasteiger partial charge in [0, 0.05) is 16.6 Å². The Kier molecular flexibility index (Phi) is 6.31. The highest BCUT2D eigenvalue weighted by atomic mass is 35.5. The van der Waals surface area contributed by atoms with Crippen LogP contribution in [0.5, 0.6) is 5.75 Å². The number of hydrogen-bond acceptors (Lipinski definition) is 3. The van der Waals surface area contributed by atoms with E-state index in [1.807, 2.05) is 36.4 Å². The highest BCUT2D eigenvalue weighted by Crippen LogP contribution is 2.39. The summed E-state index contributed by atoms with van der Waals surface area (Å²) in [6, 6.07) is 16.2. The normalized spacial score (nSPS) is 19.7. The summed E-state index contributed by atoms with van der Waals surface area (Å²) in [6.07, 6.45) is -0.483. The largest absolute Gasteiger partial charge is 0.463 e. The molecule has 2 atom stereocenters. The van der Waals surface area contributed by atoms with Gasteiger partial charge >= 0.3 is 0 Å². The van der Waals surface area contributed by atoms with Gasteiger partial charge in [0.2, 0.25) is 6.29 Å². The van der Waals surface area contributed by atoms with E-state index in [0.717, 1.165) is 16.9 Å². The Bertz CT molecular complexity index is 634. The van der Waals surface area contributed by atoms with E-state index in [0.29, 0.717) is 17.6 Å². The lowest BCUT2D eigenvalue weighted by Crippen LogP contribution is -2.40. The Morgan fingerprint density at radius 2 is 1.87 bits per heavy atom. The van der Waals surface area contributed by atoms with Gasteiger partial charge < -0.3 is 14.8 Å². The summed E-state index contributed by atoms with van der Waals surface area (Å²) in [5, 5.41) is 4.04. The molecule has 0 fully saturated rings. The van der Waals surface area contributed by atoms with Gasteiger partial charge in [0.15, 0.2) is 0 Å². The van der Waals surface area contributed by atoms with Crippen molar-refractivity contribution < 1.29 is 9.47 Å². The molecule has 2 aromatic carbocycles. The summed E-state index contributed by atoms with van der Waals surface area (Å²) in [5.74, 6) is 0.833. The Morgan fingerprint density at radius 3 is 2.57 bits per heavy atom. The van der Waals surface area contributed by atoms with Crippen molar-refractivity contribution in [3.8, 4) is 5.75 Å². The van der Waals surface area contributed by atoms with E-state index in [1.165, 1.54) is 0 Å². The van der Waals surface area contributed by atoms with Crippen molar-refractivity contribution in [2.24, 2.45) is 0 Å². The van der Waals surface area contributed by atoms with Gasteiger partial charge in [0.05, 0.1) is 6.54 Å². The summed E-state index contributed by atoms with van der Waals surface area (Å²) >= 11 is 6.15. The minimum atomic E-state index is -0.318. The van der Waals surface area contributed by atoms with Crippen LogP contribution in [0, 0.1) is 0 Å². The predicted molar refractivity (Wildman–Crippen MR) is 95.6 cm³/mol. The number of fused-ring (bicyclic) bond motifs is 1. The minimum absolute atomic E-state index is 0. The van der Waals surface area contributed by atoms with Gasteiger partial charge in [0.25, 0.3) is 0 Å². The lowest BCUT2D eigenvalue weighted by molar-refractivity contribution is -0.125. The van der Waals surface area contributed by atoms with Crippen LogP contribution >= 0.6 is 24.0 Å². The number of hydrogen-bond donors (Lipinski definition) is 1. The average Bonchev–Trinajstić information content (AvgIpc) is 2.53. The SMILES string of the molecule is CC(C)NC[C@@H]1Oc2ccc(Cl)cc2[C@H](c2ccccc2)O1.Cl. The van der Waals surface area contributed by atoms with Gasteiger partial charge in [-0.25, -0.2) is 0 Å². The summed E-state index contributed by atoms with van der Waals surface area (Å²) < 4.78 is 12.1. The first-order chi connectivity index (χ1) is 10.6. The van der Waals surface area contributed by atoms with Crippen LogP contribution in [-0.4, -0.2) is 18.9 Å². The quantitative estimate of drug-likeness (QED) is 0.872. The number of rotatable bonds is 4. The zero-order valence-electron chi connectivity index (χ0n) is 13.2. The first kappa shape index (κ1) is 18.1. The monoisotopic (exact) mass is 353 g/mol. The molecule has 1 heterocycles. The molecule has 2 aromatic rings. The summed E-state index contributed by atoms with van der Waals surface area (Å²) in [4.78, 5) is 0. The fraction of sp³-hybridized carbons (Fsp3) is 0.333. The Labute approximate surface area is 148 Å². The molecule has 0 saturated carbocycles. The molecular weight excluding hydrogens is 333 g/mol. The average molecular weight is 354 g/mol. The third-order valence-electron chi connectivity index (χ3n) is 3.60. The molecule has 0 unspecified atom stereocenters. The zero-order valence-corrected chi connectivity index (χ0v) is 14.7. The van der Waals surface area contributed by atoms with Gasteiger partial charge in [-0.3, -0.25) is 0 Å². The van der Waals surface area contributed by atoms with Crippen molar-refractivity contribution >= 4 is 24.0 Å². The molecule has 124 valence electrons. The first-order valence-corrected chi connectivity index (χ1v) is 7.91. The van der Waals surface area contributed by atoms with E-state index in [2.05, 4.69) is 31.3 Å². The van der Waals surface area contributed by atoms with Gasteiger partial charge in [-0.2, -0.15) is 0 Å². The van der Waals surface area contributed by atoms with Gasteiger partial charge in [-0.05, 0) is 23.8 Å². The molecule has 0 saturated heterocycles. The number of ether oxygens (including phenoxy) is 2. The molecule has 0 radical (unpaired) electrons. The van der Waals surface area contributed by atoms with E-state index >= 15 is 0 Å². The van der Waals surface area contributed by atoms with Crippen LogP contribution in [0.3, 0.4) is 0 Å². The molecule has 0 aliphatic carbocycles. The van der Waals surface area contributed by atoms with Gasteiger partial charge in [-0.1, -0.05) is 55.8 Å². The van der Waals surface area contributed by atoms with Crippen LogP contribution in [-0.2, 0) is 4.74 Å². The molecule has 0 amide bonds. The Morgan fingerprint density at radius 1 is 1.13 bits per heavy atom. The Hall–Kier alpha value is -1.26. The third kappa shape index (κ3) is 4.39. The van der Waals surface area contributed by atoms with Crippen LogP contribution < -0.4 is 10.1 Å². The molecule has 1 aliphatic heterocycles. The standard InChI is InChI=1S/C18H20ClNO2.ClH/c1-12(2)20-11-17-21-16-9-8-14(19)10-15(16)18(22-17)13-6-4-3-5-7-13;/h3-10,12,17-18,20H,11H2,1-2H3;1H/t17-,18+;/m1./s1. The maximum Gasteiger partial charge on any atom is 0.213 e. The molecule has 3 nitrogen and oxygen atoms in total. The highest BCUT2D eigenvalue weighted by Gasteiger charge is 2.30. The topological polar surface area (TPSA) is 30.5 Å². The summed E-state index contributed by atoms with van der Waals surface area (Å²) in [5.41, 5.74) is 2.07. The molecule has 3 rings (SSSR count). The maximum absolute atomic E-state index is 6.16. The predicted octanol–water partition coefficient (Wildman–Crippen LogP) is 4.58. The molecule has 1 aliphatic rings. The fourth-order valence-electron chi connectivity index (χ4n) is 2.53. The second-order valence-corrected chi connectivity index (χ2v) is 6.16. The van der Waals surface area contributed by atoms with Crippen molar-refractivity contribution in [2.45, 2.75) is 32.3 Å². The summed E-state index contributed by atoms with van der Waals surface area (Å²) in [7, 11) is 0. The van der Waals surface area contributed by atoms with Crippen molar-refractivity contribution in [2.75, 3.05) is 6.54 Å². The van der Waals surface area contributed by atoms with E-state index in [1.54, 1.807) is 0 Å². The van der Waals surface area contributed by atoms with E-state index in [9.17, 15) is 0 Å². The lowest BCUT2D eigenvalue weighted by atomic mass is 9.99. The lowest BCUT2D eigenvalue weighted by Gasteiger charge is -2.33. The van der Waals surface area contributed by atoms with Crippen LogP contribution in [0.2, 0.25) is 5.02 Å². The number of benzene rings is 2.